The van der Waals surface area contributed by atoms with Crippen molar-refractivity contribution < 1.29 is 9.90 Å². The van der Waals surface area contributed by atoms with Crippen molar-refractivity contribution in [2.45, 2.75) is 26.2 Å². The number of hydrogen-bond donors (Lipinski definition) is 3. The van der Waals surface area contributed by atoms with Crippen molar-refractivity contribution in [2.24, 2.45) is 11.3 Å². The van der Waals surface area contributed by atoms with Gasteiger partial charge in [0.25, 0.3) is 0 Å². The van der Waals surface area contributed by atoms with E-state index in [9.17, 15) is 9.90 Å². The first kappa shape index (κ1) is 15.2. The minimum atomic E-state index is -0.206. The lowest BCUT2D eigenvalue weighted by atomic mass is 10.1. The van der Waals surface area contributed by atoms with E-state index in [1.54, 1.807) is 0 Å². The van der Waals surface area contributed by atoms with Crippen molar-refractivity contribution in [3.63, 3.8) is 0 Å². The summed E-state index contributed by atoms with van der Waals surface area (Å²) < 4.78 is 0. The van der Waals surface area contributed by atoms with Crippen LogP contribution < -0.4 is 15.5 Å². The number of anilines is 2. The molecular weight excluding hydrogens is 278 g/mol. The molecule has 5 heteroatoms. The Morgan fingerprint density at radius 2 is 2.09 bits per heavy atom. The first-order valence-corrected chi connectivity index (χ1v) is 8.11. The fourth-order valence-corrected chi connectivity index (χ4v) is 2.94. The second-order valence-electron chi connectivity index (χ2n) is 6.85. The Balaban J connectivity index is 1.49. The number of urea groups is 1. The highest BCUT2D eigenvalue weighted by Crippen LogP contribution is 2.44. The van der Waals surface area contributed by atoms with Crippen LogP contribution in [-0.4, -0.2) is 37.4 Å². The zero-order valence-corrected chi connectivity index (χ0v) is 13.1. The van der Waals surface area contributed by atoms with Gasteiger partial charge in [-0.05, 0) is 49.4 Å². The molecule has 0 aromatic heterocycles. The lowest BCUT2D eigenvalue weighted by molar-refractivity contribution is 0.206. The van der Waals surface area contributed by atoms with E-state index in [4.69, 9.17) is 0 Å². The molecule has 0 bridgehead atoms. The molecular formula is C17H25N3O2. The van der Waals surface area contributed by atoms with Crippen LogP contribution in [-0.2, 0) is 0 Å². The van der Waals surface area contributed by atoms with Gasteiger partial charge < -0.3 is 20.6 Å². The van der Waals surface area contributed by atoms with E-state index < -0.39 is 0 Å². The Bertz CT molecular complexity index is 525. The summed E-state index contributed by atoms with van der Waals surface area (Å²) in [4.78, 5) is 14.3. The molecule has 120 valence electrons. The van der Waals surface area contributed by atoms with Crippen LogP contribution in [0.25, 0.3) is 0 Å². The van der Waals surface area contributed by atoms with Gasteiger partial charge in [0.05, 0.1) is 6.61 Å². The quantitative estimate of drug-likeness (QED) is 0.783. The van der Waals surface area contributed by atoms with Crippen LogP contribution in [0, 0.1) is 11.3 Å². The highest BCUT2D eigenvalue weighted by atomic mass is 16.3. The summed E-state index contributed by atoms with van der Waals surface area (Å²) in [5, 5.41) is 14.9. The standard InChI is InChI=1S/C17H25N3O2/c1-13-6-9-20(10-13)15-4-2-14(3-5-15)19-16(22)18-11-17(12-21)7-8-17/h2-5,13,21H,6-12H2,1H3,(H2,18,19,22)/t13-/m1/s1. The van der Waals surface area contributed by atoms with Crippen molar-refractivity contribution in [3.8, 4) is 0 Å². The van der Waals surface area contributed by atoms with E-state index >= 15 is 0 Å². The molecule has 1 saturated heterocycles. The fourth-order valence-electron chi connectivity index (χ4n) is 2.94. The Labute approximate surface area is 131 Å². The summed E-state index contributed by atoms with van der Waals surface area (Å²) in [6, 6.07) is 7.79. The van der Waals surface area contributed by atoms with Gasteiger partial charge in [-0.2, -0.15) is 0 Å². The van der Waals surface area contributed by atoms with Gasteiger partial charge in [-0.25, -0.2) is 4.79 Å². The largest absolute Gasteiger partial charge is 0.396 e. The second kappa shape index (κ2) is 6.16. The van der Waals surface area contributed by atoms with Gasteiger partial charge >= 0.3 is 6.03 Å². The van der Waals surface area contributed by atoms with Crippen LogP contribution in [0.4, 0.5) is 16.2 Å². The molecule has 0 unspecified atom stereocenters. The molecule has 1 aliphatic heterocycles. The molecule has 0 spiro atoms. The third kappa shape index (κ3) is 3.53. The molecule has 0 radical (unpaired) electrons. The summed E-state index contributed by atoms with van der Waals surface area (Å²) in [6.45, 7) is 5.18. The number of nitrogens with one attached hydrogen (secondary N) is 2. The van der Waals surface area contributed by atoms with E-state index in [1.165, 1.54) is 12.1 Å². The van der Waals surface area contributed by atoms with E-state index in [2.05, 4.69) is 34.6 Å². The number of rotatable bonds is 5. The van der Waals surface area contributed by atoms with Gasteiger partial charge in [0.2, 0.25) is 0 Å². The van der Waals surface area contributed by atoms with E-state index in [0.717, 1.165) is 37.5 Å². The summed E-state index contributed by atoms with van der Waals surface area (Å²) in [6.07, 6.45) is 3.23. The lowest BCUT2D eigenvalue weighted by Gasteiger charge is -2.18. The number of hydrogen-bond acceptors (Lipinski definition) is 3. The Morgan fingerprint density at radius 3 is 2.64 bits per heavy atom. The molecule has 22 heavy (non-hydrogen) atoms. The summed E-state index contributed by atoms with van der Waals surface area (Å²) >= 11 is 0. The molecule has 1 atom stereocenters. The van der Waals surface area contributed by atoms with Gasteiger partial charge in [0.1, 0.15) is 0 Å². The van der Waals surface area contributed by atoms with Crippen LogP contribution in [0.2, 0.25) is 0 Å². The van der Waals surface area contributed by atoms with Gasteiger partial charge in [-0.15, -0.1) is 0 Å². The van der Waals surface area contributed by atoms with Gasteiger partial charge in [0, 0.05) is 36.4 Å². The molecule has 1 aromatic carbocycles. The lowest BCUT2D eigenvalue weighted by Crippen LogP contribution is -2.35. The average Bonchev–Trinajstić information content (AvgIpc) is 3.19. The predicted molar refractivity (Wildman–Crippen MR) is 88.2 cm³/mol. The number of benzene rings is 1. The average molecular weight is 303 g/mol. The van der Waals surface area contributed by atoms with Crippen LogP contribution in [0.5, 0.6) is 0 Å². The molecule has 1 heterocycles. The number of aliphatic hydroxyl groups is 1. The van der Waals surface area contributed by atoms with Crippen molar-refractivity contribution >= 4 is 17.4 Å². The van der Waals surface area contributed by atoms with Crippen molar-refractivity contribution in [1.82, 2.24) is 5.32 Å². The van der Waals surface area contributed by atoms with Crippen molar-refractivity contribution in [3.05, 3.63) is 24.3 Å². The first-order chi connectivity index (χ1) is 10.6. The Kier molecular flexibility index (Phi) is 4.25. The molecule has 3 N–H and O–H groups in total. The normalized spacial score (nSPS) is 22.5. The molecule has 3 rings (SSSR count). The van der Waals surface area contributed by atoms with E-state index in [-0.39, 0.29) is 18.1 Å². The minimum Gasteiger partial charge on any atom is -0.396 e. The van der Waals surface area contributed by atoms with E-state index in [0.29, 0.717) is 6.54 Å². The zero-order valence-electron chi connectivity index (χ0n) is 13.1. The predicted octanol–water partition coefficient (Wildman–Crippen LogP) is 2.43. The molecule has 2 aliphatic rings. The monoisotopic (exact) mass is 303 g/mol. The Hall–Kier alpha value is -1.75. The smallest absolute Gasteiger partial charge is 0.319 e. The summed E-state index contributed by atoms with van der Waals surface area (Å²) in [7, 11) is 0. The van der Waals surface area contributed by atoms with Crippen molar-refractivity contribution in [2.75, 3.05) is 36.5 Å². The number of aliphatic hydroxyl groups excluding tert-OH is 1. The van der Waals surface area contributed by atoms with Gasteiger partial charge in [-0.3, -0.25) is 0 Å². The summed E-state index contributed by atoms with van der Waals surface area (Å²) in [5.74, 6) is 0.754. The molecule has 1 aromatic rings. The van der Waals surface area contributed by atoms with Crippen LogP contribution in [0.3, 0.4) is 0 Å². The highest BCUT2D eigenvalue weighted by molar-refractivity contribution is 5.89. The number of nitrogens with zero attached hydrogens (tertiary/aromatic N) is 1. The van der Waals surface area contributed by atoms with E-state index in [1.807, 2.05) is 12.1 Å². The molecule has 1 saturated carbocycles. The van der Waals surface area contributed by atoms with Crippen molar-refractivity contribution in [1.29, 1.82) is 0 Å². The summed E-state index contributed by atoms with van der Waals surface area (Å²) in [5.41, 5.74) is 1.95. The molecule has 2 amide bonds. The molecule has 5 nitrogen and oxygen atoms in total. The minimum absolute atomic E-state index is 0.0619. The maximum absolute atomic E-state index is 11.9. The number of amides is 2. The molecule has 1 aliphatic carbocycles. The highest BCUT2D eigenvalue weighted by Gasteiger charge is 2.42. The topological polar surface area (TPSA) is 64.6 Å². The van der Waals surface area contributed by atoms with Crippen LogP contribution in [0.15, 0.2) is 24.3 Å². The number of carbonyl (C=O) groups is 1. The first-order valence-electron chi connectivity index (χ1n) is 8.11. The SMILES string of the molecule is C[C@@H]1CCN(c2ccc(NC(=O)NCC3(CO)CC3)cc2)C1. The molecule has 2 fully saturated rings. The third-order valence-corrected chi connectivity index (χ3v) is 4.83. The number of carbonyl (C=O) groups excluding carboxylic acids is 1. The van der Waals surface area contributed by atoms with Gasteiger partial charge in [0.15, 0.2) is 0 Å². The fraction of sp³-hybridized carbons (Fsp3) is 0.588. The zero-order chi connectivity index (χ0) is 15.6. The Morgan fingerprint density at radius 1 is 1.36 bits per heavy atom. The van der Waals surface area contributed by atoms with Crippen LogP contribution >= 0.6 is 0 Å². The van der Waals surface area contributed by atoms with Crippen LogP contribution in [0.1, 0.15) is 26.2 Å². The maximum atomic E-state index is 11.9. The van der Waals surface area contributed by atoms with Gasteiger partial charge in [-0.1, -0.05) is 6.92 Å². The maximum Gasteiger partial charge on any atom is 0.319 e. The second-order valence-corrected chi connectivity index (χ2v) is 6.85. The third-order valence-electron chi connectivity index (χ3n) is 4.83.